The molecule has 0 saturated carbocycles. The quantitative estimate of drug-likeness (QED) is 0.819. The van der Waals surface area contributed by atoms with Crippen LogP contribution in [0.25, 0.3) is 10.8 Å². The molecule has 0 bridgehead atoms. The van der Waals surface area contributed by atoms with E-state index in [1.54, 1.807) is 18.2 Å². The Kier molecular flexibility index (Phi) is 2.73. The summed E-state index contributed by atoms with van der Waals surface area (Å²) >= 11 is 0. The van der Waals surface area contributed by atoms with Crippen LogP contribution in [-0.4, -0.2) is 12.7 Å². The Hall–Kier alpha value is -1.71. The number of alkyl halides is 3. The first-order valence-corrected chi connectivity index (χ1v) is 4.84. The Labute approximate surface area is 90.9 Å². The molecule has 1 nitrogen and oxygen atoms in total. The molecule has 2 aromatic rings. The van der Waals surface area contributed by atoms with Gasteiger partial charge in [-0.3, -0.25) is 0 Å². The van der Waals surface area contributed by atoms with Crippen molar-refractivity contribution in [3.8, 4) is 0 Å². The second-order valence-corrected chi connectivity index (χ2v) is 3.53. The van der Waals surface area contributed by atoms with Crippen molar-refractivity contribution in [2.75, 3.05) is 11.9 Å². The molecule has 0 heterocycles. The zero-order valence-corrected chi connectivity index (χ0v) is 8.38. The van der Waals surface area contributed by atoms with E-state index < -0.39 is 12.7 Å². The highest BCUT2D eigenvalue weighted by molar-refractivity contribution is 5.85. The summed E-state index contributed by atoms with van der Waals surface area (Å²) in [5.41, 5.74) is 0.482. The highest BCUT2D eigenvalue weighted by atomic mass is 19.4. The number of benzene rings is 2. The van der Waals surface area contributed by atoms with Crippen LogP contribution < -0.4 is 5.32 Å². The molecule has 0 fully saturated rings. The summed E-state index contributed by atoms with van der Waals surface area (Å²) in [5, 5.41) is 4.29. The van der Waals surface area contributed by atoms with Gasteiger partial charge < -0.3 is 5.32 Å². The molecule has 0 spiro atoms. The Morgan fingerprint density at radius 3 is 2.31 bits per heavy atom. The van der Waals surface area contributed by atoms with E-state index in [1.165, 1.54) is 0 Å². The second-order valence-electron chi connectivity index (χ2n) is 3.53. The van der Waals surface area contributed by atoms with Gasteiger partial charge in [-0.2, -0.15) is 13.2 Å². The van der Waals surface area contributed by atoms with Gasteiger partial charge in [0.05, 0.1) is 0 Å². The fraction of sp³-hybridized carbons (Fsp3) is 0.167. The number of nitrogens with one attached hydrogen (secondary N) is 1. The number of anilines is 1. The number of halogens is 3. The van der Waals surface area contributed by atoms with Gasteiger partial charge in [0.15, 0.2) is 0 Å². The van der Waals surface area contributed by atoms with Crippen LogP contribution >= 0.6 is 0 Å². The van der Waals surface area contributed by atoms with E-state index in [1.807, 2.05) is 24.3 Å². The molecule has 2 rings (SSSR count). The average molecular weight is 225 g/mol. The van der Waals surface area contributed by atoms with Crippen molar-refractivity contribution in [1.29, 1.82) is 0 Å². The summed E-state index contributed by atoms with van der Waals surface area (Å²) in [5.74, 6) is 0. The van der Waals surface area contributed by atoms with Gasteiger partial charge in [0.25, 0.3) is 0 Å². The van der Waals surface area contributed by atoms with Crippen LogP contribution in [-0.2, 0) is 0 Å². The lowest BCUT2D eigenvalue weighted by Gasteiger charge is -2.10. The lowest BCUT2D eigenvalue weighted by molar-refractivity contribution is -0.115. The number of hydrogen-bond acceptors (Lipinski definition) is 1. The number of rotatable bonds is 2. The third-order valence-corrected chi connectivity index (χ3v) is 2.24. The Morgan fingerprint density at radius 1 is 0.938 bits per heavy atom. The second kappa shape index (κ2) is 4.04. The van der Waals surface area contributed by atoms with Crippen LogP contribution in [0.15, 0.2) is 42.5 Å². The lowest BCUT2D eigenvalue weighted by atomic mass is 10.1. The van der Waals surface area contributed by atoms with Crippen molar-refractivity contribution in [2.24, 2.45) is 0 Å². The van der Waals surface area contributed by atoms with Crippen molar-refractivity contribution in [1.82, 2.24) is 0 Å². The van der Waals surface area contributed by atoms with E-state index in [-0.39, 0.29) is 0 Å². The molecule has 0 amide bonds. The predicted molar refractivity (Wildman–Crippen MR) is 58.5 cm³/mol. The summed E-state index contributed by atoms with van der Waals surface area (Å²) in [4.78, 5) is 0. The normalized spacial score (nSPS) is 11.7. The molecule has 16 heavy (non-hydrogen) atoms. The van der Waals surface area contributed by atoms with Crippen LogP contribution in [0, 0.1) is 0 Å². The molecule has 2 aromatic carbocycles. The third kappa shape index (κ3) is 2.66. The smallest absolute Gasteiger partial charge is 0.376 e. The minimum Gasteiger partial charge on any atom is -0.376 e. The monoisotopic (exact) mass is 225 g/mol. The fourth-order valence-corrected chi connectivity index (χ4v) is 1.50. The summed E-state index contributed by atoms with van der Waals surface area (Å²) < 4.78 is 36.0. The first-order chi connectivity index (χ1) is 7.54. The molecule has 84 valence electrons. The van der Waals surface area contributed by atoms with Crippen molar-refractivity contribution >= 4 is 16.5 Å². The highest BCUT2D eigenvalue weighted by Crippen LogP contribution is 2.21. The number of fused-ring (bicyclic) bond motifs is 1. The maximum atomic E-state index is 12.0. The minimum atomic E-state index is -4.19. The Balaban J connectivity index is 2.20. The van der Waals surface area contributed by atoms with Gasteiger partial charge in [0, 0.05) is 5.69 Å². The maximum absolute atomic E-state index is 12.0. The van der Waals surface area contributed by atoms with Crippen LogP contribution in [0.3, 0.4) is 0 Å². The summed E-state index contributed by atoms with van der Waals surface area (Å²) in [7, 11) is 0. The summed E-state index contributed by atoms with van der Waals surface area (Å²) in [6.45, 7) is -1.01. The number of hydrogen-bond donors (Lipinski definition) is 1. The van der Waals surface area contributed by atoms with Gasteiger partial charge >= 0.3 is 6.18 Å². The van der Waals surface area contributed by atoms with Gasteiger partial charge in [0.1, 0.15) is 6.54 Å². The van der Waals surface area contributed by atoms with Gasteiger partial charge in [-0.05, 0) is 22.9 Å². The molecule has 0 saturated heterocycles. The zero-order valence-electron chi connectivity index (χ0n) is 8.38. The topological polar surface area (TPSA) is 12.0 Å². The highest BCUT2D eigenvalue weighted by Gasteiger charge is 2.26. The van der Waals surface area contributed by atoms with Crippen LogP contribution in [0.1, 0.15) is 0 Å². The first-order valence-electron chi connectivity index (χ1n) is 4.84. The van der Waals surface area contributed by atoms with Crippen molar-refractivity contribution in [2.45, 2.75) is 6.18 Å². The third-order valence-electron chi connectivity index (χ3n) is 2.24. The molecule has 0 atom stereocenters. The molecule has 0 unspecified atom stereocenters. The largest absolute Gasteiger partial charge is 0.405 e. The molecule has 0 radical (unpaired) electrons. The maximum Gasteiger partial charge on any atom is 0.405 e. The minimum absolute atomic E-state index is 0.482. The standard InChI is InChI=1S/C12H10F3N/c13-12(14,15)8-16-11-6-5-9-3-1-2-4-10(9)7-11/h1-7,16H,8H2. The first kappa shape index (κ1) is 10.8. The van der Waals surface area contributed by atoms with Crippen LogP contribution in [0.4, 0.5) is 18.9 Å². The molecular weight excluding hydrogens is 215 g/mol. The van der Waals surface area contributed by atoms with E-state index in [9.17, 15) is 13.2 Å². The molecule has 4 heteroatoms. The van der Waals surface area contributed by atoms with Gasteiger partial charge in [-0.15, -0.1) is 0 Å². The van der Waals surface area contributed by atoms with Crippen LogP contribution in [0.5, 0.6) is 0 Å². The van der Waals surface area contributed by atoms with E-state index in [0.29, 0.717) is 5.69 Å². The lowest BCUT2D eigenvalue weighted by Crippen LogP contribution is -2.21. The van der Waals surface area contributed by atoms with Crippen molar-refractivity contribution in [3.63, 3.8) is 0 Å². The van der Waals surface area contributed by atoms with Crippen molar-refractivity contribution in [3.05, 3.63) is 42.5 Å². The van der Waals surface area contributed by atoms with E-state index in [2.05, 4.69) is 5.32 Å². The molecular formula is C12H10F3N. The van der Waals surface area contributed by atoms with E-state index in [0.717, 1.165) is 10.8 Å². The van der Waals surface area contributed by atoms with Gasteiger partial charge in [-0.25, -0.2) is 0 Å². The Bertz CT molecular complexity index is 491. The zero-order chi connectivity index (χ0) is 11.6. The molecule has 0 aliphatic carbocycles. The fourth-order valence-electron chi connectivity index (χ4n) is 1.50. The molecule has 0 aliphatic rings. The SMILES string of the molecule is FC(F)(F)CNc1ccc2ccccc2c1. The van der Waals surface area contributed by atoms with E-state index >= 15 is 0 Å². The summed E-state index contributed by atoms with van der Waals surface area (Å²) in [6, 6.07) is 12.7. The molecule has 1 N–H and O–H groups in total. The molecule has 0 aromatic heterocycles. The van der Waals surface area contributed by atoms with Crippen LogP contribution in [0.2, 0.25) is 0 Å². The van der Waals surface area contributed by atoms with E-state index in [4.69, 9.17) is 0 Å². The molecule has 0 aliphatic heterocycles. The van der Waals surface area contributed by atoms with Gasteiger partial charge in [0.2, 0.25) is 0 Å². The predicted octanol–water partition coefficient (Wildman–Crippen LogP) is 3.81. The van der Waals surface area contributed by atoms with Crippen molar-refractivity contribution < 1.29 is 13.2 Å². The summed E-state index contributed by atoms with van der Waals surface area (Å²) in [6.07, 6.45) is -4.19. The van der Waals surface area contributed by atoms with Gasteiger partial charge in [-0.1, -0.05) is 30.3 Å². The Morgan fingerprint density at radius 2 is 1.62 bits per heavy atom. The average Bonchev–Trinajstić information content (AvgIpc) is 2.25.